The van der Waals surface area contributed by atoms with Crippen LogP contribution in [0.3, 0.4) is 0 Å². The van der Waals surface area contributed by atoms with Crippen LogP contribution in [0.5, 0.6) is 0 Å². The van der Waals surface area contributed by atoms with Crippen LogP contribution in [0.4, 0.5) is 5.69 Å². The van der Waals surface area contributed by atoms with Gasteiger partial charge in [-0.15, -0.1) is 0 Å². The van der Waals surface area contributed by atoms with Crippen molar-refractivity contribution in [2.45, 2.75) is 12.0 Å². The summed E-state index contributed by atoms with van der Waals surface area (Å²) < 4.78 is 0. The number of hydrogen-bond donors (Lipinski definition) is 2. The number of benzene rings is 2. The molecule has 0 aliphatic carbocycles. The van der Waals surface area contributed by atoms with Crippen molar-refractivity contribution < 1.29 is 4.79 Å². The third kappa shape index (κ3) is 1.87. The molecule has 0 bridgehead atoms. The standard InChI is InChI=1S/C18H12ClN3O/c19-11-5-6-12-14(10-21-16(12)9-11)18(7-8-20)17(23)13-3-1-2-4-15(13)22-18/h1-6,9-10,21-22H,7H2. The molecule has 4 rings (SSSR count). The molecule has 1 unspecified atom stereocenters. The van der Waals surface area contributed by atoms with Gasteiger partial charge in [0.1, 0.15) is 5.54 Å². The first kappa shape index (κ1) is 13.9. The number of halogens is 1. The van der Waals surface area contributed by atoms with E-state index in [1.54, 1.807) is 18.3 Å². The number of anilines is 1. The molecule has 0 saturated carbocycles. The van der Waals surface area contributed by atoms with E-state index in [0.717, 1.165) is 22.2 Å². The van der Waals surface area contributed by atoms with Crippen LogP contribution in [-0.4, -0.2) is 10.8 Å². The highest BCUT2D eigenvalue weighted by atomic mass is 35.5. The second-order valence-electron chi connectivity index (χ2n) is 5.63. The van der Waals surface area contributed by atoms with Gasteiger partial charge >= 0.3 is 0 Å². The number of rotatable bonds is 2. The van der Waals surface area contributed by atoms with Crippen molar-refractivity contribution in [3.8, 4) is 6.07 Å². The molecule has 0 radical (unpaired) electrons. The molecule has 0 saturated heterocycles. The van der Waals surface area contributed by atoms with Gasteiger partial charge in [0.2, 0.25) is 0 Å². The van der Waals surface area contributed by atoms with Crippen LogP contribution in [0, 0.1) is 11.3 Å². The van der Waals surface area contributed by atoms with Gasteiger partial charge in [0.05, 0.1) is 12.5 Å². The van der Waals surface area contributed by atoms with E-state index in [1.807, 2.05) is 30.3 Å². The van der Waals surface area contributed by atoms with Crippen LogP contribution in [0.2, 0.25) is 5.02 Å². The van der Waals surface area contributed by atoms with E-state index in [2.05, 4.69) is 16.4 Å². The third-order valence-electron chi connectivity index (χ3n) is 4.36. The largest absolute Gasteiger partial charge is 0.367 e. The second-order valence-corrected chi connectivity index (χ2v) is 6.07. The van der Waals surface area contributed by atoms with E-state index < -0.39 is 5.54 Å². The Morgan fingerprint density at radius 3 is 2.83 bits per heavy atom. The predicted octanol–water partition coefficient (Wildman–Crippen LogP) is 4.24. The molecule has 3 aromatic rings. The molecule has 1 aromatic heterocycles. The van der Waals surface area contributed by atoms with Gasteiger partial charge in [-0.2, -0.15) is 5.26 Å². The first-order valence-electron chi connectivity index (χ1n) is 7.22. The fraction of sp³-hybridized carbons (Fsp3) is 0.111. The predicted molar refractivity (Wildman–Crippen MR) is 89.6 cm³/mol. The maximum Gasteiger partial charge on any atom is 0.195 e. The molecule has 4 nitrogen and oxygen atoms in total. The summed E-state index contributed by atoms with van der Waals surface area (Å²) >= 11 is 6.03. The number of hydrogen-bond acceptors (Lipinski definition) is 3. The average Bonchev–Trinajstić information content (AvgIpc) is 3.08. The second kappa shape index (κ2) is 4.87. The fourth-order valence-corrected chi connectivity index (χ4v) is 3.46. The van der Waals surface area contributed by atoms with E-state index in [9.17, 15) is 10.1 Å². The van der Waals surface area contributed by atoms with Crippen molar-refractivity contribution in [3.05, 3.63) is 64.8 Å². The van der Waals surface area contributed by atoms with Gasteiger partial charge in [-0.1, -0.05) is 29.8 Å². The summed E-state index contributed by atoms with van der Waals surface area (Å²) in [7, 11) is 0. The average molecular weight is 322 g/mol. The first-order valence-corrected chi connectivity index (χ1v) is 7.59. The molecule has 2 heterocycles. The Morgan fingerprint density at radius 1 is 1.22 bits per heavy atom. The lowest BCUT2D eigenvalue weighted by molar-refractivity contribution is 0.0920. The summed E-state index contributed by atoms with van der Waals surface area (Å²) in [5.74, 6) is -0.0782. The van der Waals surface area contributed by atoms with Gasteiger partial charge in [-0.25, -0.2) is 0 Å². The van der Waals surface area contributed by atoms with Gasteiger partial charge in [0.15, 0.2) is 5.78 Å². The molecule has 112 valence electrons. The zero-order valence-electron chi connectivity index (χ0n) is 12.1. The lowest BCUT2D eigenvalue weighted by atomic mass is 9.83. The lowest BCUT2D eigenvalue weighted by Gasteiger charge is -2.25. The summed E-state index contributed by atoms with van der Waals surface area (Å²) in [6.45, 7) is 0. The summed E-state index contributed by atoms with van der Waals surface area (Å²) in [6.07, 6.45) is 1.84. The number of aromatic amines is 1. The lowest BCUT2D eigenvalue weighted by Crippen LogP contribution is -2.38. The number of carbonyl (C=O) groups excluding carboxylic acids is 1. The zero-order chi connectivity index (χ0) is 16.0. The molecule has 23 heavy (non-hydrogen) atoms. The molecule has 5 heteroatoms. The highest BCUT2D eigenvalue weighted by Crippen LogP contribution is 2.43. The van der Waals surface area contributed by atoms with Gasteiger partial charge in [-0.3, -0.25) is 4.79 Å². The van der Waals surface area contributed by atoms with E-state index in [0.29, 0.717) is 10.6 Å². The van der Waals surface area contributed by atoms with E-state index in [-0.39, 0.29) is 12.2 Å². The molecule has 2 aromatic carbocycles. The van der Waals surface area contributed by atoms with Crippen molar-refractivity contribution in [2.75, 3.05) is 5.32 Å². The smallest absolute Gasteiger partial charge is 0.195 e. The van der Waals surface area contributed by atoms with Gasteiger partial charge in [-0.05, 0) is 24.3 Å². The molecule has 0 fully saturated rings. The fourth-order valence-electron chi connectivity index (χ4n) is 3.29. The number of carbonyl (C=O) groups is 1. The van der Waals surface area contributed by atoms with Crippen molar-refractivity contribution in [1.29, 1.82) is 5.26 Å². The number of H-pyrrole nitrogens is 1. The number of nitriles is 1. The third-order valence-corrected chi connectivity index (χ3v) is 4.59. The zero-order valence-corrected chi connectivity index (χ0v) is 12.8. The maximum atomic E-state index is 13.1. The summed E-state index contributed by atoms with van der Waals surface area (Å²) in [5, 5.41) is 14.1. The monoisotopic (exact) mass is 321 g/mol. The van der Waals surface area contributed by atoms with E-state index in [4.69, 9.17) is 11.6 Å². The minimum Gasteiger partial charge on any atom is -0.367 e. The van der Waals surface area contributed by atoms with Crippen molar-refractivity contribution in [2.24, 2.45) is 0 Å². The molecule has 2 N–H and O–H groups in total. The Balaban J connectivity index is 1.96. The molecular weight excluding hydrogens is 310 g/mol. The molecule has 0 amide bonds. The number of nitrogens with one attached hydrogen (secondary N) is 2. The normalized spacial score (nSPS) is 19.4. The number of para-hydroxylation sites is 1. The minimum absolute atomic E-state index is 0.0517. The van der Waals surface area contributed by atoms with Crippen molar-refractivity contribution in [1.82, 2.24) is 4.98 Å². The summed E-state index contributed by atoms with van der Waals surface area (Å²) in [6, 6.07) is 15.0. The number of fused-ring (bicyclic) bond motifs is 2. The quantitative estimate of drug-likeness (QED) is 0.741. The first-order chi connectivity index (χ1) is 11.2. The van der Waals surface area contributed by atoms with Gasteiger partial charge in [0.25, 0.3) is 0 Å². The number of aromatic nitrogens is 1. The van der Waals surface area contributed by atoms with Crippen LogP contribution in [0.25, 0.3) is 10.9 Å². The van der Waals surface area contributed by atoms with E-state index >= 15 is 0 Å². The molecule has 1 aliphatic heterocycles. The Bertz CT molecular complexity index is 985. The Morgan fingerprint density at radius 2 is 2.04 bits per heavy atom. The Hall–Kier alpha value is -2.77. The highest BCUT2D eigenvalue weighted by molar-refractivity contribution is 6.31. The van der Waals surface area contributed by atoms with Gasteiger partial charge < -0.3 is 10.3 Å². The topological polar surface area (TPSA) is 68.7 Å². The minimum atomic E-state index is -1.06. The molecule has 1 aliphatic rings. The number of Topliss-reactive ketones (excluding diaryl/α,β-unsaturated/α-hetero) is 1. The summed E-state index contributed by atoms with van der Waals surface area (Å²) in [5.41, 5.74) is 1.93. The van der Waals surface area contributed by atoms with E-state index in [1.165, 1.54) is 0 Å². The molecule has 1 atom stereocenters. The van der Waals surface area contributed by atoms with Crippen LogP contribution in [0.1, 0.15) is 22.3 Å². The maximum absolute atomic E-state index is 13.1. The Labute approximate surface area is 137 Å². The highest BCUT2D eigenvalue weighted by Gasteiger charge is 2.47. The molecule has 0 spiro atoms. The molecular formula is C18H12ClN3O. The van der Waals surface area contributed by atoms with Gasteiger partial charge in [0, 0.05) is 38.9 Å². The number of nitrogens with zero attached hydrogens (tertiary/aromatic N) is 1. The van der Waals surface area contributed by atoms with Crippen LogP contribution >= 0.6 is 11.6 Å². The Kier molecular flexibility index (Phi) is 2.93. The van der Waals surface area contributed by atoms with Crippen LogP contribution in [-0.2, 0) is 5.54 Å². The van der Waals surface area contributed by atoms with Crippen LogP contribution in [0.15, 0.2) is 48.7 Å². The summed E-state index contributed by atoms with van der Waals surface area (Å²) in [4.78, 5) is 16.2. The van der Waals surface area contributed by atoms with Crippen molar-refractivity contribution >= 4 is 34.0 Å². The SMILES string of the molecule is N#CCC1(c2c[nH]c3cc(Cl)ccc23)Nc2ccccc2C1=O. The number of ketones is 1. The van der Waals surface area contributed by atoms with Crippen LogP contribution < -0.4 is 5.32 Å². The van der Waals surface area contributed by atoms with Crippen molar-refractivity contribution in [3.63, 3.8) is 0 Å².